The van der Waals surface area contributed by atoms with Crippen molar-refractivity contribution >= 4 is 0 Å². The average Bonchev–Trinajstić information content (AvgIpc) is 2.63. The van der Waals surface area contributed by atoms with E-state index in [0.29, 0.717) is 22.9 Å². The van der Waals surface area contributed by atoms with Crippen molar-refractivity contribution in [1.29, 1.82) is 0 Å². The van der Waals surface area contributed by atoms with Gasteiger partial charge in [0.2, 0.25) is 0 Å². The monoisotopic (exact) mass is 370 g/mol. The van der Waals surface area contributed by atoms with Crippen LogP contribution in [0.5, 0.6) is 0 Å². The zero-order chi connectivity index (χ0) is 18.6. The van der Waals surface area contributed by atoms with E-state index in [1.165, 1.54) is 70.0 Å². The Labute approximate surface area is 163 Å². The fourth-order valence-corrected chi connectivity index (χ4v) is 7.69. The molecule has 0 radical (unpaired) electrons. The zero-order valence-corrected chi connectivity index (χ0v) is 17.0. The minimum atomic E-state index is -0.101. The molecule has 4 aliphatic carbocycles. The van der Waals surface area contributed by atoms with Crippen molar-refractivity contribution in [3.8, 4) is 0 Å². The van der Waals surface area contributed by atoms with Gasteiger partial charge in [-0.15, -0.1) is 0 Å². The highest BCUT2D eigenvalue weighted by atomic mass is 19.1. The molecular weight excluding hydrogens is 335 g/mol. The van der Waals surface area contributed by atoms with Crippen molar-refractivity contribution in [1.82, 2.24) is 10.2 Å². The summed E-state index contributed by atoms with van der Waals surface area (Å²) in [7, 11) is 2.24. The molecule has 5 fully saturated rings. The average molecular weight is 371 g/mol. The number of nitrogens with one attached hydrogen (secondary N) is 1. The van der Waals surface area contributed by atoms with Gasteiger partial charge < -0.3 is 10.2 Å². The summed E-state index contributed by atoms with van der Waals surface area (Å²) in [5.74, 6) is 1.64. The number of hydrogen-bond acceptors (Lipinski definition) is 2. The van der Waals surface area contributed by atoms with Crippen LogP contribution < -0.4 is 5.32 Å². The first-order valence-electron chi connectivity index (χ1n) is 11.2. The van der Waals surface area contributed by atoms with Gasteiger partial charge in [-0.2, -0.15) is 0 Å². The van der Waals surface area contributed by atoms with E-state index < -0.39 is 0 Å². The minimum Gasteiger partial charge on any atom is -0.311 e. The molecule has 1 aliphatic heterocycles. The zero-order valence-electron chi connectivity index (χ0n) is 17.0. The number of nitrogens with zero attached hydrogens (tertiary/aromatic N) is 1. The fourth-order valence-electron chi connectivity index (χ4n) is 7.69. The molecule has 0 spiro atoms. The van der Waals surface area contributed by atoms with Gasteiger partial charge >= 0.3 is 0 Å². The molecule has 3 atom stereocenters. The van der Waals surface area contributed by atoms with E-state index in [1.54, 1.807) is 12.1 Å². The highest BCUT2D eigenvalue weighted by Gasteiger charge is 2.59. The fraction of sp³-hybridized carbons (Fsp3) is 0.750. The van der Waals surface area contributed by atoms with Crippen LogP contribution in [0.25, 0.3) is 0 Å². The Morgan fingerprint density at radius 3 is 2.30 bits per heavy atom. The quantitative estimate of drug-likeness (QED) is 0.824. The van der Waals surface area contributed by atoms with Crippen molar-refractivity contribution in [2.45, 2.75) is 75.8 Å². The van der Waals surface area contributed by atoms with Crippen LogP contribution in [0.1, 0.15) is 63.9 Å². The molecule has 148 valence electrons. The molecule has 3 unspecified atom stereocenters. The molecule has 4 saturated carbocycles. The Kier molecular flexibility index (Phi) is 4.40. The Bertz CT molecular complexity index is 662. The Balaban J connectivity index is 1.38. The number of halogens is 1. The van der Waals surface area contributed by atoms with E-state index in [9.17, 15) is 4.39 Å². The van der Waals surface area contributed by atoms with Gasteiger partial charge in [0.15, 0.2) is 0 Å². The van der Waals surface area contributed by atoms with E-state index in [0.717, 1.165) is 11.8 Å². The van der Waals surface area contributed by atoms with Crippen LogP contribution in [-0.2, 0) is 5.41 Å². The summed E-state index contributed by atoms with van der Waals surface area (Å²) in [5, 5.41) is 4.09. The number of hydrogen-bond donors (Lipinski definition) is 1. The van der Waals surface area contributed by atoms with E-state index >= 15 is 0 Å². The molecule has 0 aromatic heterocycles. The molecule has 2 nitrogen and oxygen atoms in total. The van der Waals surface area contributed by atoms with Crippen LogP contribution in [0.15, 0.2) is 24.3 Å². The molecule has 3 heteroatoms. The van der Waals surface area contributed by atoms with E-state index in [1.807, 2.05) is 0 Å². The lowest BCUT2D eigenvalue weighted by Crippen LogP contribution is -2.61. The van der Waals surface area contributed by atoms with Crippen LogP contribution in [0.3, 0.4) is 0 Å². The molecule has 5 aliphatic rings. The first-order chi connectivity index (χ1) is 13.0. The van der Waals surface area contributed by atoms with Gasteiger partial charge in [-0.05, 0) is 119 Å². The smallest absolute Gasteiger partial charge is 0.123 e. The second kappa shape index (κ2) is 6.56. The third-order valence-corrected chi connectivity index (χ3v) is 8.69. The van der Waals surface area contributed by atoms with Crippen molar-refractivity contribution in [2.24, 2.45) is 17.3 Å². The number of benzene rings is 1. The third-order valence-electron chi connectivity index (χ3n) is 8.69. The molecular formula is C24H35FN2. The van der Waals surface area contributed by atoms with Crippen molar-refractivity contribution in [2.75, 3.05) is 20.1 Å². The van der Waals surface area contributed by atoms with Crippen LogP contribution in [0.4, 0.5) is 4.39 Å². The second-order valence-electron chi connectivity index (χ2n) is 10.6. The van der Waals surface area contributed by atoms with Crippen molar-refractivity contribution in [3.63, 3.8) is 0 Å². The van der Waals surface area contributed by atoms with E-state index in [2.05, 4.69) is 36.3 Å². The molecule has 27 heavy (non-hydrogen) atoms. The van der Waals surface area contributed by atoms with Crippen molar-refractivity contribution < 1.29 is 4.39 Å². The van der Waals surface area contributed by atoms with Crippen molar-refractivity contribution in [3.05, 3.63) is 35.6 Å². The largest absolute Gasteiger partial charge is 0.311 e. The number of likely N-dealkylation sites (tertiary alicyclic amines) is 1. The molecule has 6 rings (SSSR count). The van der Waals surface area contributed by atoms with Crippen LogP contribution in [0, 0.1) is 23.1 Å². The first-order valence-corrected chi connectivity index (χ1v) is 11.2. The Morgan fingerprint density at radius 1 is 1.04 bits per heavy atom. The SMILES string of the molecule is CC(NC1CCN(C)CC1)C12CC3CC(CC(c4ccc(F)cc4)(C3)C1)C2. The van der Waals surface area contributed by atoms with Gasteiger partial charge in [-0.1, -0.05) is 12.1 Å². The summed E-state index contributed by atoms with van der Waals surface area (Å²) < 4.78 is 13.5. The molecule has 1 aromatic rings. The lowest BCUT2D eigenvalue weighted by molar-refractivity contribution is -0.0903. The van der Waals surface area contributed by atoms with E-state index in [-0.39, 0.29) is 5.82 Å². The first kappa shape index (κ1) is 18.1. The highest BCUT2D eigenvalue weighted by Crippen LogP contribution is 2.66. The summed E-state index contributed by atoms with van der Waals surface area (Å²) in [5.41, 5.74) is 2.16. The predicted octanol–water partition coefficient (Wildman–Crippen LogP) is 4.74. The van der Waals surface area contributed by atoms with Gasteiger partial charge in [0.05, 0.1) is 0 Å². The molecule has 1 heterocycles. The molecule has 1 aromatic carbocycles. The maximum atomic E-state index is 13.5. The minimum absolute atomic E-state index is 0.101. The molecule has 4 bridgehead atoms. The summed E-state index contributed by atoms with van der Waals surface area (Å²) in [4.78, 5) is 2.46. The van der Waals surface area contributed by atoms with Gasteiger partial charge in [0, 0.05) is 12.1 Å². The maximum absolute atomic E-state index is 13.5. The highest BCUT2D eigenvalue weighted by molar-refractivity contribution is 5.31. The molecule has 1 saturated heterocycles. The second-order valence-corrected chi connectivity index (χ2v) is 10.6. The Morgan fingerprint density at radius 2 is 1.67 bits per heavy atom. The molecule has 1 N–H and O–H groups in total. The van der Waals surface area contributed by atoms with Gasteiger partial charge in [-0.3, -0.25) is 0 Å². The Hall–Kier alpha value is -0.930. The summed E-state index contributed by atoms with van der Waals surface area (Å²) in [6, 6.07) is 8.82. The number of rotatable bonds is 4. The normalized spacial score (nSPS) is 40.4. The standard InChI is InChI=1S/C24H35FN2/c1-17(26-22-7-9-27(2)10-8-22)23-12-18-11-19(13-23)15-24(14-18,16-23)20-3-5-21(25)6-4-20/h3-6,17-19,22,26H,7-16H2,1-2H3. The van der Waals surface area contributed by atoms with Gasteiger partial charge in [0.1, 0.15) is 5.82 Å². The van der Waals surface area contributed by atoms with Crippen LogP contribution >= 0.6 is 0 Å². The summed E-state index contributed by atoms with van der Waals surface area (Å²) in [6.45, 7) is 4.92. The van der Waals surface area contributed by atoms with Crippen LogP contribution in [-0.4, -0.2) is 37.1 Å². The summed E-state index contributed by atoms with van der Waals surface area (Å²) >= 11 is 0. The topological polar surface area (TPSA) is 15.3 Å². The van der Waals surface area contributed by atoms with Crippen LogP contribution in [0.2, 0.25) is 0 Å². The number of piperidine rings is 1. The lowest BCUT2D eigenvalue weighted by Gasteiger charge is -2.64. The predicted molar refractivity (Wildman–Crippen MR) is 108 cm³/mol. The maximum Gasteiger partial charge on any atom is 0.123 e. The molecule has 0 amide bonds. The third kappa shape index (κ3) is 3.15. The van der Waals surface area contributed by atoms with E-state index in [4.69, 9.17) is 0 Å². The lowest BCUT2D eigenvalue weighted by atomic mass is 9.41. The van der Waals surface area contributed by atoms with Gasteiger partial charge in [-0.25, -0.2) is 4.39 Å². The van der Waals surface area contributed by atoms with Gasteiger partial charge in [0.25, 0.3) is 0 Å². The summed E-state index contributed by atoms with van der Waals surface area (Å²) in [6.07, 6.45) is 10.8.